The van der Waals surface area contributed by atoms with E-state index < -0.39 is 5.97 Å². The lowest BCUT2D eigenvalue weighted by molar-refractivity contribution is -0.167. The molecule has 0 aromatic carbocycles. The fourth-order valence-corrected chi connectivity index (χ4v) is 0.747. The van der Waals surface area contributed by atoms with Crippen LogP contribution >= 0.6 is 0 Å². The molecule has 6 nitrogen and oxygen atoms in total. The lowest BCUT2D eigenvalue weighted by Crippen LogP contribution is -2.23. The van der Waals surface area contributed by atoms with Gasteiger partial charge < -0.3 is 9.84 Å². The monoisotopic (exact) mass is 218 g/mol. The molecule has 0 bridgehead atoms. The van der Waals surface area contributed by atoms with Crippen LogP contribution in [0.3, 0.4) is 0 Å². The van der Waals surface area contributed by atoms with Crippen molar-refractivity contribution in [3.63, 3.8) is 0 Å². The molecule has 0 saturated carbocycles. The smallest absolute Gasteiger partial charge is 0.351 e. The molecule has 0 aliphatic rings. The van der Waals surface area contributed by atoms with Crippen molar-refractivity contribution < 1.29 is 19.5 Å². The van der Waals surface area contributed by atoms with Crippen LogP contribution < -0.4 is 0 Å². The minimum atomic E-state index is -1.05. The van der Waals surface area contributed by atoms with E-state index in [4.69, 9.17) is 14.7 Å². The summed E-state index contributed by atoms with van der Waals surface area (Å²) < 4.78 is 5.06. The molecule has 6 heteroatoms. The molecule has 0 aliphatic carbocycles. The normalized spacial score (nSPS) is 11.5. The number of carbonyl (C=O) groups is 1. The number of hydrazone groups is 1. The van der Waals surface area contributed by atoms with Crippen LogP contribution in [-0.2, 0) is 14.4 Å². The van der Waals surface area contributed by atoms with Crippen molar-refractivity contribution in [1.29, 1.82) is 0 Å². The summed E-state index contributed by atoms with van der Waals surface area (Å²) >= 11 is 0. The number of carboxylic acid groups (broad SMARTS) is 1. The number of nitrogens with zero attached hydrogens (tertiary/aromatic N) is 2. The molecule has 0 amide bonds. The molecule has 0 spiro atoms. The van der Waals surface area contributed by atoms with Gasteiger partial charge in [-0.15, -0.1) is 5.10 Å². The maximum atomic E-state index is 10.5. The van der Waals surface area contributed by atoms with Crippen LogP contribution in [0.1, 0.15) is 20.8 Å². The molecule has 0 aromatic rings. The molecule has 0 rings (SSSR count). The van der Waals surface area contributed by atoms with Gasteiger partial charge in [-0.05, 0) is 20.8 Å². The van der Waals surface area contributed by atoms with E-state index in [9.17, 15) is 4.79 Å². The summed E-state index contributed by atoms with van der Waals surface area (Å²) in [6, 6.07) is 0. The van der Waals surface area contributed by atoms with Gasteiger partial charge in [0, 0.05) is 6.61 Å². The first-order valence-electron chi connectivity index (χ1n) is 4.88. The zero-order valence-electron chi connectivity index (χ0n) is 9.39. The van der Waals surface area contributed by atoms with Crippen molar-refractivity contribution >= 4 is 11.7 Å². The highest BCUT2D eigenvalue weighted by molar-refractivity contribution is 6.34. The first-order valence-corrected chi connectivity index (χ1v) is 4.88. The number of aliphatic carboxylic acids is 1. The van der Waals surface area contributed by atoms with Gasteiger partial charge in [0.2, 0.25) is 0 Å². The summed E-state index contributed by atoms with van der Waals surface area (Å²) in [6.07, 6.45) is 0. The Bertz CT molecular complexity index is 218. The van der Waals surface area contributed by atoms with Crippen LogP contribution in [0.2, 0.25) is 0 Å². The summed E-state index contributed by atoms with van der Waals surface area (Å²) in [5.74, 6) is -1.05. The lowest BCUT2D eigenvalue weighted by Gasteiger charge is -2.16. The standard InChI is InChI=1S/C9H18N2O4/c1-4-11(10-8(3)9(12)13)15-7-6-14-5-2/h4-7H2,1-3H3,(H,12,13). The first-order chi connectivity index (χ1) is 7.11. The topological polar surface area (TPSA) is 71.4 Å². The summed E-state index contributed by atoms with van der Waals surface area (Å²) in [7, 11) is 0. The van der Waals surface area contributed by atoms with Crippen LogP contribution in [0.15, 0.2) is 5.10 Å². The van der Waals surface area contributed by atoms with Crippen LogP contribution in [0, 0.1) is 0 Å². The molecule has 15 heavy (non-hydrogen) atoms. The Hall–Kier alpha value is -1.14. The van der Waals surface area contributed by atoms with Gasteiger partial charge in [0.05, 0.1) is 13.2 Å². The van der Waals surface area contributed by atoms with E-state index in [0.717, 1.165) is 0 Å². The average molecular weight is 218 g/mol. The van der Waals surface area contributed by atoms with Gasteiger partial charge in [0.1, 0.15) is 12.3 Å². The molecule has 0 radical (unpaired) electrons. The summed E-state index contributed by atoms with van der Waals surface area (Å²) in [5, 5.41) is 13.6. The Labute approximate surface area is 89.4 Å². The Morgan fingerprint density at radius 3 is 2.53 bits per heavy atom. The van der Waals surface area contributed by atoms with Crippen molar-refractivity contribution in [2.24, 2.45) is 5.10 Å². The third-order valence-electron chi connectivity index (χ3n) is 1.51. The van der Waals surface area contributed by atoms with Gasteiger partial charge in [0.25, 0.3) is 0 Å². The van der Waals surface area contributed by atoms with Crippen molar-refractivity contribution in [3.8, 4) is 0 Å². The van der Waals surface area contributed by atoms with E-state index >= 15 is 0 Å². The molecular formula is C9H18N2O4. The summed E-state index contributed by atoms with van der Waals surface area (Å²) in [6.45, 7) is 7.07. The molecular weight excluding hydrogens is 200 g/mol. The van der Waals surface area contributed by atoms with Gasteiger partial charge in [-0.1, -0.05) is 0 Å². The molecule has 0 atom stereocenters. The number of rotatable bonds is 8. The molecule has 88 valence electrons. The van der Waals surface area contributed by atoms with E-state index in [1.807, 2.05) is 13.8 Å². The molecule has 0 unspecified atom stereocenters. The minimum Gasteiger partial charge on any atom is -0.477 e. The van der Waals surface area contributed by atoms with Gasteiger partial charge in [-0.25, -0.2) is 4.79 Å². The van der Waals surface area contributed by atoms with Crippen molar-refractivity contribution in [2.45, 2.75) is 20.8 Å². The third-order valence-corrected chi connectivity index (χ3v) is 1.51. The highest BCUT2D eigenvalue weighted by Crippen LogP contribution is 1.93. The number of carboxylic acids is 1. The quantitative estimate of drug-likeness (QED) is 0.369. The molecule has 1 N–H and O–H groups in total. The largest absolute Gasteiger partial charge is 0.477 e. The Kier molecular flexibility index (Phi) is 7.57. The maximum absolute atomic E-state index is 10.5. The van der Waals surface area contributed by atoms with Gasteiger partial charge >= 0.3 is 5.97 Å². The van der Waals surface area contributed by atoms with E-state index in [2.05, 4.69) is 5.10 Å². The first kappa shape index (κ1) is 13.9. The fourth-order valence-electron chi connectivity index (χ4n) is 0.747. The number of ether oxygens (including phenoxy) is 1. The highest BCUT2D eigenvalue weighted by Gasteiger charge is 2.05. The predicted octanol–water partition coefficient (Wildman–Crippen LogP) is 0.737. The second kappa shape index (κ2) is 8.19. The minimum absolute atomic E-state index is 0.00624. The van der Waals surface area contributed by atoms with Gasteiger partial charge in [0.15, 0.2) is 0 Å². The maximum Gasteiger partial charge on any atom is 0.351 e. The average Bonchev–Trinajstić information content (AvgIpc) is 2.22. The third kappa shape index (κ3) is 6.87. The highest BCUT2D eigenvalue weighted by atomic mass is 16.7. The summed E-state index contributed by atoms with van der Waals surface area (Å²) in [4.78, 5) is 15.7. The second-order valence-corrected chi connectivity index (χ2v) is 2.69. The van der Waals surface area contributed by atoms with Crippen LogP contribution in [-0.4, -0.2) is 48.3 Å². The van der Waals surface area contributed by atoms with Crippen LogP contribution in [0.5, 0.6) is 0 Å². The molecule has 0 saturated heterocycles. The number of hydroxylamine groups is 1. The van der Waals surface area contributed by atoms with Crippen LogP contribution in [0.4, 0.5) is 0 Å². The molecule has 0 aliphatic heterocycles. The van der Waals surface area contributed by atoms with E-state index in [1.165, 1.54) is 12.1 Å². The zero-order chi connectivity index (χ0) is 11.7. The van der Waals surface area contributed by atoms with E-state index in [-0.39, 0.29) is 5.71 Å². The Balaban J connectivity index is 3.92. The van der Waals surface area contributed by atoms with Crippen molar-refractivity contribution in [1.82, 2.24) is 5.17 Å². The Morgan fingerprint density at radius 2 is 2.07 bits per heavy atom. The van der Waals surface area contributed by atoms with E-state index in [0.29, 0.717) is 26.4 Å². The summed E-state index contributed by atoms with van der Waals surface area (Å²) in [5.41, 5.74) is -0.00624. The van der Waals surface area contributed by atoms with Gasteiger partial charge in [-0.2, -0.15) is 5.17 Å². The van der Waals surface area contributed by atoms with Crippen molar-refractivity contribution in [3.05, 3.63) is 0 Å². The zero-order valence-corrected chi connectivity index (χ0v) is 9.39. The second-order valence-electron chi connectivity index (χ2n) is 2.69. The lowest BCUT2D eigenvalue weighted by atomic mass is 10.4. The van der Waals surface area contributed by atoms with E-state index in [1.54, 1.807) is 0 Å². The molecule has 0 fully saturated rings. The number of hydrogen-bond donors (Lipinski definition) is 1. The van der Waals surface area contributed by atoms with Crippen molar-refractivity contribution in [2.75, 3.05) is 26.4 Å². The number of hydrogen-bond acceptors (Lipinski definition) is 5. The SMILES string of the molecule is CCOCCON(CC)N=C(C)C(=O)O. The predicted molar refractivity (Wildman–Crippen MR) is 55.6 cm³/mol. The molecule has 0 aromatic heterocycles. The fraction of sp³-hybridized carbons (Fsp3) is 0.778. The Morgan fingerprint density at radius 1 is 1.40 bits per heavy atom. The van der Waals surface area contributed by atoms with Crippen LogP contribution in [0.25, 0.3) is 0 Å². The molecule has 0 heterocycles. The van der Waals surface area contributed by atoms with Gasteiger partial charge in [-0.3, -0.25) is 4.84 Å².